The van der Waals surface area contributed by atoms with Gasteiger partial charge in [-0.1, -0.05) is 0 Å². The Morgan fingerprint density at radius 3 is 1.00 bits per heavy atom. The molecule has 1 aromatic rings. The van der Waals surface area contributed by atoms with Crippen molar-refractivity contribution in [3.8, 4) is 0 Å². The van der Waals surface area contributed by atoms with Crippen LogP contribution in [0.4, 0.5) is 0 Å². The van der Waals surface area contributed by atoms with E-state index in [2.05, 4.69) is 0 Å². The van der Waals surface area contributed by atoms with E-state index in [0.717, 1.165) is 0 Å². The molecular weight excluding hydrogens is 360 g/mol. The van der Waals surface area contributed by atoms with E-state index in [4.69, 9.17) is 31.0 Å². The third kappa shape index (κ3) is 5.47. The van der Waals surface area contributed by atoms with Crippen molar-refractivity contribution < 1.29 is 31.0 Å². The first-order valence-electron chi connectivity index (χ1n) is 9.02. The summed E-state index contributed by atoms with van der Waals surface area (Å²) in [6.07, 6.45) is 0. The molecule has 0 aliphatic heterocycles. The highest BCUT2D eigenvalue weighted by atomic mass is 28.4. The molecule has 9 heteroatoms. The lowest BCUT2D eigenvalue weighted by Gasteiger charge is -2.28. The molecule has 0 bridgehead atoms. The summed E-state index contributed by atoms with van der Waals surface area (Å²) in [6.45, 7) is 14.2. The fourth-order valence-corrected chi connectivity index (χ4v) is 7.26. The van der Waals surface area contributed by atoms with Crippen molar-refractivity contribution in [2.24, 2.45) is 0 Å². The number of furan rings is 1. The monoisotopic (exact) mass is 392 g/mol. The molecule has 0 aromatic carbocycles. The van der Waals surface area contributed by atoms with Crippen molar-refractivity contribution in [1.82, 2.24) is 0 Å². The molecule has 0 aliphatic rings. The molecule has 0 saturated heterocycles. The Bertz CT molecular complexity index is 406. The molecule has 0 unspecified atom stereocenters. The van der Waals surface area contributed by atoms with E-state index in [1.807, 2.05) is 53.7 Å². The van der Waals surface area contributed by atoms with Crippen LogP contribution < -0.4 is 10.8 Å². The van der Waals surface area contributed by atoms with E-state index in [0.29, 0.717) is 50.4 Å². The Balaban J connectivity index is 3.29. The first-order chi connectivity index (χ1) is 12.1. The fourth-order valence-electron chi connectivity index (χ4n) is 2.48. The SMILES string of the molecule is CCO[Si](OCC)(OCC)c1ccc([Si](OCC)(OCC)OCC)o1. The highest BCUT2D eigenvalue weighted by Gasteiger charge is 2.52. The van der Waals surface area contributed by atoms with Crippen molar-refractivity contribution in [2.45, 2.75) is 41.5 Å². The topological polar surface area (TPSA) is 68.5 Å². The van der Waals surface area contributed by atoms with E-state index < -0.39 is 17.6 Å². The molecule has 1 rings (SSSR count). The highest BCUT2D eigenvalue weighted by molar-refractivity contribution is 6.76. The molecule has 0 atom stereocenters. The van der Waals surface area contributed by atoms with Gasteiger partial charge in [0.1, 0.15) is 0 Å². The van der Waals surface area contributed by atoms with Crippen LogP contribution in [0, 0.1) is 0 Å². The first-order valence-corrected chi connectivity index (χ1v) is 12.5. The van der Waals surface area contributed by atoms with Gasteiger partial charge in [-0.25, -0.2) is 0 Å². The summed E-state index contributed by atoms with van der Waals surface area (Å²) in [7, 11) is -6.22. The molecule has 0 spiro atoms. The number of hydrogen-bond donors (Lipinski definition) is 0. The second-order valence-corrected chi connectivity index (χ2v) is 9.82. The minimum atomic E-state index is -3.11. The normalized spacial score (nSPS) is 12.7. The number of hydrogen-bond acceptors (Lipinski definition) is 7. The first kappa shape index (κ1) is 22.5. The van der Waals surface area contributed by atoms with E-state index in [-0.39, 0.29) is 0 Å². The van der Waals surface area contributed by atoms with Crippen LogP contribution in [0.2, 0.25) is 0 Å². The van der Waals surface area contributed by atoms with E-state index in [1.165, 1.54) is 0 Å². The van der Waals surface area contributed by atoms with E-state index >= 15 is 0 Å². The molecule has 0 radical (unpaired) electrons. The predicted molar refractivity (Wildman–Crippen MR) is 99.2 cm³/mol. The summed E-state index contributed by atoms with van der Waals surface area (Å²) >= 11 is 0. The molecule has 1 aromatic heterocycles. The molecule has 0 amide bonds. The molecular formula is C16H32O7Si2. The van der Waals surface area contributed by atoms with Crippen LogP contribution in [0.15, 0.2) is 16.5 Å². The molecule has 146 valence electrons. The average molecular weight is 393 g/mol. The molecule has 7 nitrogen and oxygen atoms in total. The van der Waals surface area contributed by atoms with E-state index in [1.54, 1.807) is 0 Å². The third-order valence-corrected chi connectivity index (χ3v) is 8.97. The lowest BCUT2D eigenvalue weighted by Crippen LogP contribution is -2.59. The van der Waals surface area contributed by atoms with Crippen LogP contribution in [-0.4, -0.2) is 57.3 Å². The third-order valence-electron chi connectivity index (χ3n) is 3.22. The summed E-state index contributed by atoms with van der Waals surface area (Å²) < 4.78 is 41.5. The summed E-state index contributed by atoms with van der Waals surface area (Å²) in [5.74, 6) is 0. The maximum absolute atomic E-state index is 6.10. The molecule has 0 saturated carbocycles. The van der Waals surface area contributed by atoms with Gasteiger partial charge in [0.25, 0.3) is 0 Å². The Hall–Kier alpha value is -0.526. The lowest BCUT2D eigenvalue weighted by molar-refractivity contribution is 0.0770. The van der Waals surface area contributed by atoms with Gasteiger partial charge in [0.2, 0.25) is 0 Å². The van der Waals surface area contributed by atoms with Crippen molar-refractivity contribution in [3.05, 3.63) is 12.1 Å². The lowest BCUT2D eigenvalue weighted by atomic mass is 10.7. The molecule has 0 fully saturated rings. The van der Waals surface area contributed by atoms with Crippen LogP contribution in [-0.2, 0) is 26.6 Å². The molecule has 0 aliphatic carbocycles. The average Bonchev–Trinajstić information content (AvgIpc) is 3.07. The maximum atomic E-state index is 6.10. The zero-order chi connectivity index (χ0) is 18.8. The van der Waals surface area contributed by atoms with Crippen molar-refractivity contribution >= 4 is 28.4 Å². The number of rotatable bonds is 14. The van der Waals surface area contributed by atoms with Crippen LogP contribution >= 0.6 is 0 Å². The van der Waals surface area contributed by atoms with Crippen LogP contribution in [0.1, 0.15) is 41.5 Å². The minimum absolute atomic E-state index is 0.465. The van der Waals surface area contributed by atoms with Gasteiger partial charge in [-0.15, -0.1) is 0 Å². The summed E-state index contributed by atoms with van der Waals surface area (Å²) in [6, 6.07) is 3.64. The van der Waals surface area contributed by atoms with E-state index in [9.17, 15) is 0 Å². The zero-order valence-corrected chi connectivity index (χ0v) is 18.3. The largest absolute Gasteiger partial charge is 0.574 e. The predicted octanol–water partition coefficient (Wildman–Crippen LogP) is 1.79. The zero-order valence-electron chi connectivity index (χ0n) is 16.3. The Morgan fingerprint density at radius 2 is 0.800 bits per heavy atom. The van der Waals surface area contributed by atoms with Gasteiger partial charge in [0, 0.05) is 39.6 Å². The van der Waals surface area contributed by atoms with Crippen molar-refractivity contribution in [2.75, 3.05) is 39.6 Å². The summed E-state index contributed by atoms with van der Waals surface area (Å²) in [5.41, 5.74) is 0. The second kappa shape index (κ2) is 11.2. The van der Waals surface area contributed by atoms with Gasteiger partial charge < -0.3 is 31.0 Å². The Morgan fingerprint density at radius 1 is 0.560 bits per heavy atom. The van der Waals surface area contributed by atoms with Crippen molar-refractivity contribution in [3.63, 3.8) is 0 Å². The standard InChI is InChI=1S/C16H32O7Si2/c1-7-17-24(18-8-2,19-9-3)15-13-14-16(23-15)25(20-10-4,21-11-5)22-12-6/h13-14H,7-12H2,1-6H3. The molecule has 25 heavy (non-hydrogen) atoms. The minimum Gasteiger partial charge on any atom is -0.459 e. The Labute approximate surface area is 153 Å². The van der Waals surface area contributed by atoms with Gasteiger partial charge >= 0.3 is 17.6 Å². The van der Waals surface area contributed by atoms with Crippen molar-refractivity contribution in [1.29, 1.82) is 0 Å². The second-order valence-electron chi connectivity index (χ2n) is 4.87. The Kier molecular flexibility index (Phi) is 10.1. The van der Waals surface area contributed by atoms with Crippen LogP contribution in [0.25, 0.3) is 0 Å². The molecule has 1 heterocycles. The molecule has 0 N–H and O–H groups in total. The fraction of sp³-hybridized carbons (Fsp3) is 0.750. The van der Waals surface area contributed by atoms with Gasteiger partial charge in [-0.3, -0.25) is 0 Å². The maximum Gasteiger partial charge on any atom is 0.574 e. The highest BCUT2D eigenvalue weighted by Crippen LogP contribution is 2.15. The van der Waals surface area contributed by atoms with Gasteiger partial charge in [-0.05, 0) is 53.7 Å². The quantitative estimate of drug-likeness (QED) is 0.447. The van der Waals surface area contributed by atoms with Gasteiger partial charge in [0.15, 0.2) is 10.8 Å². The van der Waals surface area contributed by atoms with Crippen LogP contribution in [0.3, 0.4) is 0 Å². The van der Waals surface area contributed by atoms with Gasteiger partial charge in [-0.2, -0.15) is 0 Å². The van der Waals surface area contributed by atoms with Gasteiger partial charge in [0.05, 0.1) is 0 Å². The summed E-state index contributed by atoms with van der Waals surface area (Å²) in [4.78, 5) is 0. The summed E-state index contributed by atoms with van der Waals surface area (Å²) in [5, 5.41) is 1.09. The smallest absolute Gasteiger partial charge is 0.459 e. The van der Waals surface area contributed by atoms with Crippen LogP contribution in [0.5, 0.6) is 0 Å².